The van der Waals surface area contributed by atoms with Gasteiger partial charge in [-0.2, -0.15) is 0 Å². The van der Waals surface area contributed by atoms with Crippen molar-refractivity contribution in [3.05, 3.63) is 0 Å². The van der Waals surface area contributed by atoms with Gasteiger partial charge < -0.3 is 9.47 Å². The number of fused-ring (bicyclic) bond motifs is 5. The molecule has 0 spiro atoms. The molecule has 156 valence electrons. The molecule has 4 aliphatic carbocycles. The number of esters is 2. The Morgan fingerprint density at radius 1 is 1.04 bits per heavy atom. The van der Waals surface area contributed by atoms with Gasteiger partial charge in [-0.05, 0) is 74.0 Å². The zero-order valence-electron chi connectivity index (χ0n) is 17.5. The molecule has 0 heterocycles. The second-order valence-electron chi connectivity index (χ2n) is 10.2. The zero-order valence-corrected chi connectivity index (χ0v) is 17.5. The molecule has 4 saturated carbocycles. The van der Waals surface area contributed by atoms with Crippen LogP contribution in [0.4, 0.5) is 0 Å². The summed E-state index contributed by atoms with van der Waals surface area (Å²) in [5.41, 5.74) is 0.0566. The molecule has 0 aliphatic heterocycles. The third-order valence-corrected chi connectivity index (χ3v) is 8.96. The molecule has 0 amide bonds. The minimum Gasteiger partial charge on any atom is -0.454 e. The molecule has 4 aliphatic rings. The van der Waals surface area contributed by atoms with E-state index in [0.29, 0.717) is 29.6 Å². The Morgan fingerprint density at radius 2 is 1.82 bits per heavy atom. The maximum atomic E-state index is 13.2. The Labute approximate surface area is 167 Å². The Bertz CT molecular complexity index is 672. The van der Waals surface area contributed by atoms with Gasteiger partial charge in [0.25, 0.3) is 0 Å². The maximum absolute atomic E-state index is 13.2. The highest BCUT2D eigenvalue weighted by atomic mass is 16.6. The van der Waals surface area contributed by atoms with E-state index in [1.54, 1.807) is 0 Å². The van der Waals surface area contributed by atoms with Crippen LogP contribution in [-0.4, -0.2) is 30.4 Å². The van der Waals surface area contributed by atoms with Crippen LogP contribution in [0.5, 0.6) is 0 Å². The van der Waals surface area contributed by atoms with E-state index in [1.165, 1.54) is 45.4 Å². The number of rotatable bonds is 3. The highest BCUT2D eigenvalue weighted by molar-refractivity contribution is 5.93. The first-order valence-corrected chi connectivity index (χ1v) is 11.1. The predicted molar refractivity (Wildman–Crippen MR) is 103 cm³/mol. The molecule has 7 atom stereocenters. The number of carbonyl (C=O) groups excluding carboxylic acids is 3. The van der Waals surface area contributed by atoms with E-state index in [2.05, 4.69) is 13.8 Å². The minimum atomic E-state index is -0.673. The van der Waals surface area contributed by atoms with Crippen molar-refractivity contribution >= 4 is 17.7 Å². The summed E-state index contributed by atoms with van der Waals surface area (Å²) in [4.78, 5) is 36.1. The van der Waals surface area contributed by atoms with Gasteiger partial charge in [0.15, 0.2) is 18.5 Å². The highest BCUT2D eigenvalue weighted by Gasteiger charge is 2.62. The summed E-state index contributed by atoms with van der Waals surface area (Å²) in [5, 5.41) is 0. The fourth-order valence-electron chi connectivity index (χ4n) is 7.52. The first-order chi connectivity index (χ1) is 13.3. The molecule has 0 saturated heterocycles. The average Bonchev–Trinajstić information content (AvgIpc) is 2.90. The molecule has 0 bridgehead atoms. The van der Waals surface area contributed by atoms with Crippen LogP contribution >= 0.6 is 0 Å². The standard InChI is InChI=1S/C23H34O5/c1-14(24)27-13-20(25)28-19-12-18-16-8-7-15-6-4-5-10-22(15,2)17(16)9-11-23(18,3)21(19)26/h15-19H,4-13H2,1-3H3/t15-,16-,17+,18-,19-,22+,23+/m1/s1. The molecule has 0 aromatic carbocycles. The van der Waals surface area contributed by atoms with Gasteiger partial charge in [-0.1, -0.05) is 26.7 Å². The molecular formula is C23H34O5. The molecule has 0 aromatic heterocycles. The third kappa shape index (κ3) is 3.09. The molecule has 0 N–H and O–H groups in total. The number of Topliss-reactive ketones (excluding diaryl/α,β-unsaturated/α-hetero) is 1. The van der Waals surface area contributed by atoms with E-state index in [1.807, 2.05) is 0 Å². The summed E-state index contributed by atoms with van der Waals surface area (Å²) in [6.45, 7) is 5.47. The lowest BCUT2D eigenvalue weighted by molar-refractivity contribution is -0.164. The fraction of sp³-hybridized carbons (Fsp3) is 0.870. The topological polar surface area (TPSA) is 69.7 Å². The van der Waals surface area contributed by atoms with Gasteiger partial charge in [-0.25, -0.2) is 4.79 Å². The Balaban J connectivity index is 1.50. The quantitative estimate of drug-likeness (QED) is 0.679. The van der Waals surface area contributed by atoms with E-state index in [9.17, 15) is 14.4 Å². The van der Waals surface area contributed by atoms with E-state index in [-0.39, 0.29) is 11.2 Å². The number of hydrogen-bond donors (Lipinski definition) is 0. The smallest absolute Gasteiger partial charge is 0.344 e. The van der Waals surface area contributed by atoms with Gasteiger partial charge in [0.1, 0.15) is 0 Å². The zero-order chi connectivity index (χ0) is 20.1. The lowest BCUT2D eigenvalue weighted by Crippen LogP contribution is -2.52. The first kappa shape index (κ1) is 19.9. The lowest BCUT2D eigenvalue weighted by Gasteiger charge is -2.59. The van der Waals surface area contributed by atoms with Crippen LogP contribution < -0.4 is 0 Å². The van der Waals surface area contributed by atoms with E-state index in [0.717, 1.165) is 18.8 Å². The summed E-state index contributed by atoms with van der Waals surface area (Å²) in [5.74, 6) is 1.38. The van der Waals surface area contributed by atoms with E-state index < -0.39 is 24.6 Å². The van der Waals surface area contributed by atoms with Crippen LogP contribution in [0.15, 0.2) is 0 Å². The Morgan fingerprint density at radius 3 is 2.57 bits per heavy atom. The van der Waals surface area contributed by atoms with Crippen molar-refractivity contribution in [3.8, 4) is 0 Å². The molecule has 28 heavy (non-hydrogen) atoms. The van der Waals surface area contributed by atoms with Crippen LogP contribution in [0.1, 0.15) is 78.6 Å². The highest BCUT2D eigenvalue weighted by Crippen LogP contribution is 2.65. The molecule has 0 unspecified atom stereocenters. The summed E-state index contributed by atoms with van der Waals surface area (Å²) in [6.07, 6.45) is 9.93. The van der Waals surface area contributed by atoms with Crippen molar-refractivity contribution in [1.82, 2.24) is 0 Å². The number of hydrogen-bond acceptors (Lipinski definition) is 5. The summed E-state index contributed by atoms with van der Waals surface area (Å²) < 4.78 is 10.2. The number of carbonyl (C=O) groups is 3. The van der Waals surface area contributed by atoms with Crippen LogP contribution in [0, 0.1) is 34.5 Å². The molecular weight excluding hydrogens is 356 g/mol. The van der Waals surface area contributed by atoms with Gasteiger partial charge in [-0.15, -0.1) is 0 Å². The van der Waals surface area contributed by atoms with Crippen LogP contribution in [0.3, 0.4) is 0 Å². The van der Waals surface area contributed by atoms with Gasteiger partial charge in [-0.3, -0.25) is 9.59 Å². The van der Waals surface area contributed by atoms with Crippen LogP contribution in [-0.2, 0) is 23.9 Å². The Kier molecular flexibility index (Phi) is 5.08. The minimum absolute atomic E-state index is 0.0862. The van der Waals surface area contributed by atoms with Crippen molar-refractivity contribution in [2.24, 2.45) is 34.5 Å². The van der Waals surface area contributed by atoms with Crippen molar-refractivity contribution in [2.75, 3.05) is 6.61 Å². The number of ketones is 1. The van der Waals surface area contributed by atoms with Gasteiger partial charge in [0, 0.05) is 12.3 Å². The van der Waals surface area contributed by atoms with Crippen molar-refractivity contribution in [2.45, 2.75) is 84.7 Å². The summed E-state index contributed by atoms with van der Waals surface area (Å²) >= 11 is 0. The maximum Gasteiger partial charge on any atom is 0.344 e. The predicted octanol–water partition coefficient (Wildman–Crippen LogP) is 4.07. The largest absolute Gasteiger partial charge is 0.454 e. The molecule has 5 heteroatoms. The van der Waals surface area contributed by atoms with Crippen molar-refractivity contribution in [3.63, 3.8) is 0 Å². The molecule has 4 rings (SSSR count). The Hall–Kier alpha value is -1.39. The second-order valence-corrected chi connectivity index (χ2v) is 10.2. The normalized spacial score (nSPS) is 44.8. The average molecular weight is 391 g/mol. The van der Waals surface area contributed by atoms with E-state index >= 15 is 0 Å². The lowest BCUT2D eigenvalue weighted by atomic mass is 9.45. The molecule has 0 radical (unpaired) electrons. The van der Waals surface area contributed by atoms with Gasteiger partial charge >= 0.3 is 11.9 Å². The van der Waals surface area contributed by atoms with Crippen molar-refractivity contribution < 1.29 is 23.9 Å². The van der Waals surface area contributed by atoms with Crippen LogP contribution in [0.25, 0.3) is 0 Å². The van der Waals surface area contributed by atoms with Gasteiger partial charge in [0.05, 0.1) is 0 Å². The monoisotopic (exact) mass is 390 g/mol. The summed E-state index contributed by atoms with van der Waals surface area (Å²) in [7, 11) is 0. The van der Waals surface area contributed by atoms with E-state index in [4.69, 9.17) is 9.47 Å². The van der Waals surface area contributed by atoms with Gasteiger partial charge in [0.2, 0.25) is 0 Å². The molecule has 5 nitrogen and oxygen atoms in total. The first-order valence-electron chi connectivity index (χ1n) is 11.1. The molecule has 4 fully saturated rings. The summed E-state index contributed by atoms with van der Waals surface area (Å²) in [6, 6.07) is 0. The second kappa shape index (κ2) is 7.14. The third-order valence-electron chi connectivity index (χ3n) is 8.96. The SMILES string of the molecule is CC(=O)OCC(=O)O[C@@H]1C[C@@H]2[C@@H]3CC[C@H]4CCCC[C@]4(C)[C@H]3CC[C@]2(C)C1=O. The fourth-order valence-corrected chi connectivity index (χ4v) is 7.52. The number of ether oxygens (including phenoxy) is 2. The van der Waals surface area contributed by atoms with Crippen molar-refractivity contribution in [1.29, 1.82) is 0 Å². The molecule has 0 aromatic rings. The van der Waals surface area contributed by atoms with Crippen LogP contribution in [0.2, 0.25) is 0 Å².